The second kappa shape index (κ2) is 11.2. The van der Waals surface area contributed by atoms with E-state index >= 15 is 0 Å². The molecular formula is C26H34FN5O3. The summed E-state index contributed by atoms with van der Waals surface area (Å²) in [6, 6.07) is 7.27. The van der Waals surface area contributed by atoms with Crippen molar-refractivity contribution in [2.75, 3.05) is 32.8 Å². The Morgan fingerprint density at radius 2 is 1.89 bits per heavy atom. The fourth-order valence-electron chi connectivity index (χ4n) is 4.54. The van der Waals surface area contributed by atoms with Gasteiger partial charge in [0.05, 0.1) is 30.7 Å². The number of imide groups is 1. The third kappa shape index (κ3) is 7.29. The van der Waals surface area contributed by atoms with Crippen molar-refractivity contribution in [3.05, 3.63) is 42.4 Å². The fraction of sp³-hybridized carbons (Fsp3) is 0.538. The van der Waals surface area contributed by atoms with Crippen molar-refractivity contribution >= 4 is 11.8 Å². The molecule has 2 aromatic rings. The molecule has 1 aromatic carbocycles. The van der Waals surface area contributed by atoms with Crippen LogP contribution in [-0.4, -0.2) is 71.2 Å². The molecule has 2 saturated heterocycles. The number of likely N-dealkylation sites (tertiary alicyclic amines) is 1. The number of piperidine rings is 1. The molecule has 2 aliphatic heterocycles. The van der Waals surface area contributed by atoms with Gasteiger partial charge in [-0.15, -0.1) is 0 Å². The molecule has 8 nitrogen and oxygen atoms in total. The number of alkyl halides is 1. The maximum absolute atomic E-state index is 13.8. The fourth-order valence-corrected chi connectivity index (χ4v) is 4.54. The minimum atomic E-state index is -1.16. The summed E-state index contributed by atoms with van der Waals surface area (Å²) in [6.45, 7) is 6.96. The number of amides is 2. The van der Waals surface area contributed by atoms with Crippen LogP contribution in [0.5, 0.6) is 5.75 Å². The lowest BCUT2D eigenvalue weighted by Gasteiger charge is -2.34. The van der Waals surface area contributed by atoms with Gasteiger partial charge in [-0.3, -0.25) is 19.9 Å². The highest BCUT2D eigenvalue weighted by atomic mass is 19.1. The van der Waals surface area contributed by atoms with Crippen LogP contribution in [0.3, 0.4) is 0 Å². The topological polar surface area (TPSA) is 96.5 Å². The Kier molecular flexibility index (Phi) is 8.07. The van der Waals surface area contributed by atoms with E-state index in [-0.39, 0.29) is 17.6 Å². The van der Waals surface area contributed by atoms with Crippen LogP contribution in [0.1, 0.15) is 50.0 Å². The molecule has 3 heterocycles. The molecule has 1 aromatic heterocycles. The average molecular weight is 484 g/mol. The van der Waals surface area contributed by atoms with Crippen molar-refractivity contribution in [1.82, 2.24) is 25.5 Å². The smallest absolute Gasteiger partial charge is 0.278 e. The molecule has 188 valence electrons. The number of hydrogen-bond acceptors (Lipinski definition) is 7. The largest absolute Gasteiger partial charge is 0.493 e. The Hall–Kier alpha value is -2.91. The first kappa shape index (κ1) is 25.2. The van der Waals surface area contributed by atoms with Gasteiger partial charge < -0.3 is 15.0 Å². The number of hydrogen-bond donors (Lipinski definition) is 2. The summed E-state index contributed by atoms with van der Waals surface area (Å²) in [7, 11) is 0. The standard InChI is InChI=1S/C26H34FN5O3/c1-26(2,27)17-32-12-9-18(10-13-32)16-35-20-7-5-19(6-8-20)22-14-30-23(15-29-22)25(34)31-24(33)21-4-3-11-28-21/h5-8,14-15,18,21,28H,3-4,9-13,16-17H2,1-2H3,(H,31,33,34)/t21-/m0/s1. The quantitative estimate of drug-likeness (QED) is 0.557. The number of rotatable bonds is 8. The summed E-state index contributed by atoms with van der Waals surface area (Å²) in [4.78, 5) is 35.1. The minimum absolute atomic E-state index is 0.0983. The van der Waals surface area contributed by atoms with E-state index < -0.39 is 11.6 Å². The highest BCUT2D eigenvalue weighted by Crippen LogP contribution is 2.24. The average Bonchev–Trinajstić information content (AvgIpc) is 3.38. The predicted octanol–water partition coefficient (Wildman–Crippen LogP) is 2.99. The number of carbonyl (C=O) groups is 2. The Morgan fingerprint density at radius 1 is 1.14 bits per heavy atom. The molecule has 1 atom stereocenters. The zero-order valence-electron chi connectivity index (χ0n) is 20.4. The number of benzene rings is 1. The second-order valence-corrected chi connectivity index (χ2v) is 10.0. The predicted molar refractivity (Wildman–Crippen MR) is 131 cm³/mol. The van der Waals surface area contributed by atoms with E-state index in [1.54, 1.807) is 13.8 Å². The first-order valence-corrected chi connectivity index (χ1v) is 12.3. The van der Waals surface area contributed by atoms with E-state index in [0.717, 1.165) is 56.6 Å². The summed E-state index contributed by atoms with van der Waals surface area (Å²) in [5.41, 5.74) is 0.417. The maximum atomic E-state index is 13.8. The van der Waals surface area contributed by atoms with Gasteiger partial charge in [-0.2, -0.15) is 0 Å². The van der Waals surface area contributed by atoms with E-state index in [2.05, 4.69) is 25.5 Å². The summed E-state index contributed by atoms with van der Waals surface area (Å²) >= 11 is 0. The highest BCUT2D eigenvalue weighted by Gasteiger charge is 2.26. The summed E-state index contributed by atoms with van der Waals surface area (Å²) in [5.74, 6) is 0.368. The molecule has 0 aliphatic carbocycles. The molecule has 2 N–H and O–H groups in total. The number of nitrogens with zero attached hydrogens (tertiary/aromatic N) is 3. The van der Waals surface area contributed by atoms with Crippen LogP contribution >= 0.6 is 0 Å². The minimum Gasteiger partial charge on any atom is -0.493 e. The number of carbonyl (C=O) groups excluding carboxylic acids is 2. The van der Waals surface area contributed by atoms with Gasteiger partial charge in [0, 0.05) is 12.1 Å². The zero-order valence-corrected chi connectivity index (χ0v) is 20.4. The lowest BCUT2D eigenvalue weighted by molar-refractivity contribution is -0.121. The van der Waals surface area contributed by atoms with Gasteiger partial charge in [0.1, 0.15) is 17.1 Å². The van der Waals surface area contributed by atoms with Gasteiger partial charge >= 0.3 is 0 Å². The van der Waals surface area contributed by atoms with Crippen molar-refractivity contribution < 1.29 is 18.7 Å². The van der Waals surface area contributed by atoms with Crippen LogP contribution in [0.15, 0.2) is 36.7 Å². The first-order chi connectivity index (χ1) is 16.8. The molecule has 2 amide bonds. The molecule has 0 bridgehead atoms. The molecule has 35 heavy (non-hydrogen) atoms. The van der Waals surface area contributed by atoms with Gasteiger partial charge in [-0.25, -0.2) is 9.37 Å². The highest BCUT2D eigenvalue weighted by molar-refractivity contribution is 6.05. The molecular weight excluding hydrogens is 449 g/mol. The Balaban J connectivity index is 1.24. The molecule has 0 spiro atoms. The zero-order chi connectivity index (χ0) is 24.8. The van der Waals surface area contributed by atoms with Crippen LogP contribution in [0.25, 0.3) is 11.3 Å². The van der Waals surface area contributed by atoms with Crippen molar-refractivity contribution in [3.8, 4) is 17.0 Å². The van der Waals surface area contributed by atoms with Crippen LogP contribution in [-0.2, 0) is 4.79 Å². The van der Waals surface area contributed by atoms with Crippen molar-refractivity contribution in [1.29, 1.82) is 0 Å². The van der Waals surface area contributed by atoms with E-state index in [4.69, 9.17) is 4.74 Å². The van der Waals surface area contributed by atoms with E-state index in [0.29, 0.717) is 24.8 Å². The van der Waals surface area contributed by atoms with Gasteiger partial charge in [-0.05, 0) is 89.3 Å². The van der Waals surface area contributed by atoms with Crippen LogP contribution < -0.4 is 15.4 Å². The van der Waals surface area contributed by atoms with E-state index in [9.17, 15) is 14.0 Å². The third-order valence-electron chi connectivity index (χ3n) is 6.44. The summed E-state index contributed by atoms with van der Waals surface area (Å²) < 4.78 is 19.8. The van der Waals surface area contributed by atoms with Gasteiger partial charge in [0.15, 0.2) is 0 Å². The number of aromatic nitrogens is 2. The van der Waals surface area contributed by atoms with Gasteiger partial charge in [0.2, 0.25) is 5.91 Å². The first-order valence-electron chi connectivity index (χ1n) is 12.3. The third-order valence-corrected chi connectivity index (χ3v) is 6.44. The second-order valence-electron chi connectivity index (χ2n) is 10.0. The van der Waals surface area contributed by atoms with Gasteiger partial charge in [-0.1, -0.05) is 0 Å². The van der Waals surface area contributed by atoms with Gasteiger partial charge in [0.25, 0.3) is 5.91 Å². The van der Waals surface area contributed by atoms with E-state index in [1.807, 2.05) is 24.3 Å². The maximum Gasteiger partial charge on any atom is 0.278 e. The molecule has 2 aliphatic rings. The van der Waals surface area contributed by atoms with E-state index in [1.165, 1.54) is 12.4 Å². The lowest BCUT2D eigenvalue weighted by atomic mass is 9.97. The molecule has 4 rings (SSSR count). The summed E-state index contributed by atoms with van der Waals surface area (Å²) in [5, 5.41) is 5.44. The monoisotopic (exact) mass is 483 g/mol. The molecule has 2 fully saturated rings. The Labute approximate surface area is 205 Å². The van der Waals surface area contributed by atoms with Crippen molar-refractivity contribution in [2.24, 2.45) is 5.92 Å². The van der Waals surface area contributed by atoms with Crippen LogP contribution in [0.4, 0.5) is 4.39 Å². The summed E-state index contributed by atoms with van der Waals surface area (Å²) in [6.07, 6.45) is 6.56. The van der Waals surface area contributed by atoms with Crippen LogP contribution in [0.2, 0.25) is 0 Å². The Bertz CT molecular complexity index is 993. The number of nitrogens with one attached hydrogen (secondary N) is 2. The van der Waals surface area contributed by atoms with Crippen LogP contribution in [0, 0.1) is 5.92 Å². The molecule has 9 heteroatoms. The molecule has 0 saturated carbocycles. The molecule has 0 unspecified atom stereocenters. The Morgan fingerprint density at radius 3 is 2.49 bits per heavy atom. The number of ether oxygens (including phenoxy) is 1. The van der Waals surface area contributed by atoms with Crippen molar-refractivity contribution in [2.45, 2.75) is 51.2 Å². The lowest BCUT2D eigenvalue weighted by Crippen LogP contribution is -2.43. The van der Waals surface area contributed by atoms with Crippen molar-refractivity contribution in [3.63, 3.8) is 0 Å². The number of halogens is 1. The molecule has 0 radical (unpaired) electrons. The SMILES string of the molecule is CC(C)(F)CN1CCC(COc2ccc(-c3cnc(C(=O)NC(=O)[C@@H]4CCCN4)cn3)cc2)CC1. The normalized spacial score (nSPS) is 19.5.